The van der Waals surface area contributed by atoms with Crippen LogP contribution >= 0.6 is 11.3 Å². The van der Waals surface area contributed by atoms with E-state index in [1.807, 2.05) is 30.4 Å². The second kappa shape index (κ2) is 3.90. The third-order valence-corrected chi connectivity index (χ3v) is 3.16. The Balaban J connectivity index is 1.95. The molecule has 0 saturated heterocycles. The molecule has 3 aromatic rings. The highest BCUT2D eigenvalue weighted by atomic mass is 32.1. The molecule has 3 nitrogen and oxygen atoms in total. The molecule has 0 amide bonds. The van der Waals surface area contributed by atoms with Gasteiger partial charge in [-0.25, -0.2) is 9.97 Å². The average Bonchev–Trinajstić information content (AvgIpc) is 2.95. The number of nitrogens with zero attached hydrogens (tertiary/aromatic N) is 2. The zero-order chi connectivity index (χ0) is 10.8. The Hall–Kier alpha value is -1.94. The van der Waals surface area contributed by atoms with Gasteiger partial charge < -0.3 is 4.42 Å². The van der Waals surface area contributed by atoms with Crippen LogP contribution in [0.15, 0.2) is 41.3 Å². The molecule has 0 saturated carbocycles. The topological polar surface area (TPSA) is 38.9 Å². The molecule has 0 unspecified atom stereocenters. The molecule has 0 atom stereocenters. The van der Waals surface area contributed by atoms with E-state index in [0.29, 0.717) is 0 Å². The highest BCUT2D eigenvalue weighted by Crippen LogP contribution is 2.22. The van der Waals surface area contributed by atoms with Crippen molar-refractivity contribution in [1.82, 2.24) is 9.97 Å². The molecule has 0 aliphatic rings. The normalized spacial score (nSPS) is 11.5. The van der Waals surface area contributed by atoms with E-state index >= 15 is 0 Å². The van der Waals surface area contributed by atoms with Gasteiger partial charge in [0, 0.05) is 0 Å². The van der Waals surface area contributed by atoms with E-state index in [1.165, 1.54) is 11.1 Å². The molecular weight excluding hydrogens is 220 g/mol. The Kier molecular flexibility index (Phi) is 2.27. The minimum Gasteiger partial charge on any atom is -0.451 e. The van der Waals surface area contributed by atoms with Gasteiger partial charge in [-0.2, -0.15) is 0 Å². The van der Waals surface area contributed by atoms with Crippen molar-refractivity contribution in [1.29, 1.82) is 0 Å². The largest absolute Gasteiger partial charge is 0.451 e. The average molecular weight is 228 g/mol. The lowest BCUT2D eigenvalue weighted by Gasteiger charge is -1.80. The summed E-state index contributed by atoms with van der Waals surface area (Å²) in [4.78, 5) is 8.49. The molecule has 0 N–H and O–H groups in total. The maximum Gasteiger partial charge on any atom is 0.181 e. The number of hydrogen-bond acceptors (Lipinski definition) is 4. The number of hydrogen-bond donors (Lipinski definition) is 0. The van der Waals surface area contributed by atoms with Crippen LogP contribution in [0.25, 0.3) is 22.4 Å². The zero-order valence-corrected chi connectivity index (χ0v) is 9.15. The molecule has 16 heavy (non-hydrogen) atoms. The monoisotopic (exact) mass is 228 g/mol. The highest BCUT2D eigenvalue weighted by molar-refractivity contribution is 7.19. The Labute approximate surface area is 96.1 Å². The molecule has 0 fully saturated rings. The Morgan fingerprint density at radius 1 is 1.19 bits per heavy atom. The van der Waals surface area contributed by atoms with Crippen LogP contribution in [-0.4, -0.2) is 9.97 Å². The van der Waals surface area contributed by atoms with Gasteiger partial charge in [0.25, 0.3) is 0 Å². The van der Waals surface area contributed by atoms with Crippen molar-refractivity contribution in [2.45, 2.75) is 0 Å². The van der Waals surface area contributed by atoms with Crippen molar-refractivity contribution >= 4 is 33.7 Å². The number of para-hydroxylation sites is 1. The summed E-state index contributed by atoms with van der Waals surface area (Å²) in [5.41, 5.74) is 1.84. The molecule has 1 aromatic carbocycles. The quantitative estimate of drug-likeness (QED) is 0.674. The van der Waals surface area contributed by atoms with Crippen molar-refractivity contribution in [3.63, 3.8) is 0 Å². The van der Waals surface area contributed by atoms with Gasteiger partial charge in [-0.1, -0.05) is 12.1 Å². The first-order valence-corrected chi connectivity index (χ1v) is 5.65. The van der Waals surface area contributed by atoms with Crippen LogP contribution in [0.3, 0.4) is 0 Å². The smallest absolute Gasteiger partial charge is 0.181 e. The van der Waals surface area contributed by atoms with E-state index in [-0.39, 0.29) is 0 Å². The minimum absolute atomic E-state index is 0.805. The van der Waals surface area contributed by atoms with E-state index in [0.717, 1.165) is 16.2 Å². The third kappa shape index (κ3) is 1.75. The molecule has 0 aliphatic carbocycles. The molecular formula is C12H8N2OS. The minimum atomic E-state index is 0.805. The van der Waals surface area contributed by atoms with E-state index in [9.17, 15) is 0 Å². The van der Waals surface area contributed by atoms with E-state index < -0.39 is 0 Å². The van der Waals surface area contributed by atoms with E-state index in [1.54, 1.807) is 17.6 Å². The van der Waals surface area contributed by atoms with Crippen molar-refractivity contribution in [2.24, 2.45) is 0 Å². The molecule has 2 heterocycles. The first-order chi connectivity index (χ1) is 7.92. The predicted octanol–water partition coefficient (Wildman–Crippen LogP) is 3.45. The van der Waals surface area contributed by atoms with E-state index in [2.05, 4.69) is 16.0 Å². The molecule has 0 bridgehead atoms. The van der Waals surface area contributed by atoms with Gasteiger partial charge in [-0.15, -0.1) is 11.3 Å². The number of rotatable bonds is 2. The van der Waals surface area contributed by atoms with Crippen molar-refractivity contribution in [3.8, 4) is 0 Å². The number of thiazole rings is 1. The van der Waals surface area contributed by atoms with Gasteiger partial charge in [0.05, 0.1) is 10.2 Å². The van der Waals surface area contributed by atoms with Crippen LogP contribution in [0.1, 0.15) is 10.7 Å². The third-order valence-electron chi connectivity index (χ3n) is 2.16. The summed E-state index contributed by atoms with van der Waals surface area (Å²) in [7, 11) is 0. The summed E-state index contributed by atoms with van der Waals surface area (Å²) in [5.74, 6) is 0. The highest BCUT2D eigenvalue weighted by Gasteiger charge is 1.99. The van der Waals surface area contributed by atoms with Crippen molar-refractivity contribution in [2.75, 3.05) is 0 Å². The lowest BCUT2D eigenvalue weighted by atomic mass is 10.3. The van der Waals surface area contributed by atoms with E-state index in [4.69, 9.17) is 4.42 Å². The standard InChI is InChI=1S/C12H8N2OS/c1-2-4-11-10(3-1)14-12(16-11)6-5-9-7-15-8-13-9/h1-8H. The molecule has 0 spiro atoms. The SMILES string of the molecule is C(=Cc1nc2ccccc2s1)c1cocn1. The van der Waals surface area contributed by atoms with Crippen LogP contribution < -0.4 is 0 Å². The first-order valence-electron chi connectivity index (χ1n) is 4.84. The summed E-state index contributed by atoms with van der Waals surface area (Å²) >= 11 is 1.66. The molecule has 0 radical (unpaired) electrons. The number of aromatic nitrogens is 2. The summed E-state index contributed by atoms with van der Waals surface area (Å²) in [6.07, 6.45) is 6.85. The summed E-state index contributed by atoms with van der Waals surface area (Å²) < 4.78 is 6.08. The number of benzene rings is 1. The fourth-order valence-electron chi connectivity index (χ4n) is 1.42. The van der Waals surface area contributed by atoms with Gasteiger partial charge in [-0.05, 0) is 24.3 Å². The summed E-state index contributed by atoms with van der Waals surface area (Å²) in [5, 5.41) is 0.976. The second-order valence-electron chi connectivity index (χ2n) is 3.27. The van der Waals surface area contributed by atoms with Crippen LogP contribution in [0.4, 0.5) is 0 Å². The molecule has 4 heteroatoms. The maximum absolute atomic E-state index is 4.88. The Morgan fingerprint density at radius 2 is 2.12 bits per heavy atom. The Morgan fingerprint density at radius 3 is 2.94 bits per heavy atom. The molecule has 3 rings (SSSR count). The first kappa shape index (κ1) is 9.30. The van der Waals surface area contributed by atoms with Gasteiger partial charge >= 0.3 is 0 Å². The van der Waals surface area contributed by atoms with Crippen LogP contribution in [-0.2, 0) is 0 Å². The number of oxazole rings is 1. The molecule has 0 aliphatic heterocycles. The van der Waals surface area contributed by atoms with Gasteiger partial charge in [0.2, 0.25) is 0 Å². The van der Waals surface area contributed by atoms with Gasteiger partial charge in [0.1, 0.15) is 17.0 Å². The maximum atomic E-state index is 4.88. The van der Waals surface area contributed by atoms with Crippen molar-refractivity contribution in [3.05, 3.63) is 47.6 Å². The van der Waals surface area contributed by atoms with Crippen molar-refractivity contribution < 1.29 is 4.42 Å². The van der Waals surface area contributed by atoms with Gasteiger partial charge in [0.15, 0.2) is 6.39 Å². The number of fused-ring (bicyclic) bond motifs is 1. The summed E-state index contributed by atoms with van der Waals surface area (Å²) in [6, 6.07) is 8.10. The molecule has 78 valence electrons. The fourth-order valence-corrected chi connectivity index (χ4v) is 2.29. The zero-order valence-electron chi connectivity index (χ0n) is 8.33. The Bertz CT molecular complexity index is 592. The van der Waals surface area contributed by atoms with Gasteiger partial charge in [-0.3, -0.25) is 0 Å². The summed E-state index contributed by atoms with van der Waals surface area (Å²) in [6.45, 7) is 0. The lowest BCUT2D eigenvalue weighted by molar-refractivity contribution is 0.557. The molecule has 2 aromatic heterocycles. The van der Waals surface area contributed by atoms with Crippen LogP contribution in [0.2, 0.25) is 0 Å². The predicted molar refractivity (Wildman–Crippen MR) is 65.1 cm³/mol. The lowest BCUT2D eigenvalue weighted by Crippen LogP contribution is -1.69. The van der Waals surface area contributed by atoms with Crippen LogP contribution in [0, 0.1) is 0 Å². The fraction of sp³-hybridized carbons (Fsp3) is 0. The van der Waals surface area contributed by atoms with Crippen LogP contribution in [0.5, 0.6) is 0 Å². The second-order valence-corrected chi connectivity index (χ2v) is 4.33.